The predicted molar refractivity (Wildman–Crippen MR) is 82.5 cm³/mol. The van der Waals surface area contributed by atoms with Gasteiger partial charge in [-0.25, -0.2) is 0 Å². The summed E-state index contributed by atoms with van der Waals surface area (Å²) in [4.78, 5) is 14.6. The molecule has 0 saturated heterocycles. The van der Waals surface area contributed by atoms with Crippen molar-refractivity contribution in [2.75, 3.05) is 25.1 Å². The van der Waals surface area contributed by atoms with Gasteiger partial charge in [0.2, 0.25) is 0 Å². The minimum absolute atomic E-state index is 0.0576. The molecule has 0 unspecified atom stereocenters. The normalized spacial score (nSPS) is 10.5. The Labute approximate surface area is 122 Å². The molecule has 2 rings (SSSR count). The van der Waals surface area contributed by atoms with Crippen LogP contribution in [0, 0.1) is 10.1 Å². The summed E-state index contributed by atoms with van der Waals surface area (Å²) in [6, 6.07) is 4.96. The van der Waals surface area contributed by atoms with Crippen LogP contribution in [0.1, 0.15) is 6.92 Å². The third-order valence-electron chi connectivity index (χ3n) is 2.90. The van der Waals surface area contributed by atoms with Crippen molar-refractivity contribution in [3.8, 4) is 0 Å². The predicted octanol–water partition coefficient (Wildman–Crippen LogP) is 3.15. The zero-order chi connectivity index (χ0) is 15.2. The summed E-state index contributed by atoms with van der Waals surface area (Å²) in [6.45, 7) is 7.35. The number of nitro benzene ring substituents is 1. The van der Waals surface area contributed by atoms with Crippen LogP contribution in [0.25, 0.3) is 10.8 Å². The summed E-state index contributed by atoms with van der Waals surface area (Å²) in [5.41, 5.74) is 1.86. The number of nitro groups is 1. The summed E-state index contributed by atoms with van der Waals surface area (Å²) in [5.74, 6) is 0. The third kappa shape index (κ3) is 3.76. The van der Waals surface area contributed by atoms with Crippen molar-refractivity contribution in [3.05, 3.63) is 52.9 Å². The van der Waals surface area contributed by atoms with E-state index in [-0.39, 0.29) is 5.69 Å². The van der Waals surface area contributed by atoms with Crippen LogP contribution in [0.2, 0.25) is 0 Å². The van der Waals surface area contributed by atoms with Crippen LogP contribution in [0.5, 0.6) is 0 Å². The van der Waals surface area contributed by atoms with Crippen LogP contribution in [0.4, 0.5) is 11.4 Å². The summed E-state index contributed by atoms with van der Waals surface area (Å²) in [5, 5.41) is 15.5. The highest BCUT2D eigenvalue weighted by Gasteiger charge is 2.13. The highest BCUT2D eigenvalue weighted by molar-refractivity contribution is 5.99. The molecule has 1 aromatic heterocycles. The fourth-order valence-electron chi connectivity index (χ4n) is 1.99. The lowest BCUT2D eigenvalue weighted by atomic mass is 10.1. The van der Waals surface area contributed by atoms with Gasteiger partial charge in [0.1, 0.15) is 0 Å². The molecule has 0 fully saturated rings. The Hall–Kier alpha value is -2.47. The molecule has 0 aliphatic heterocycles. The first-order chi connectivity index (χ1) is 10.1. The van der Waals surface area contributed by atoms with Gasteiger partial charge in [0.15, 0.2) is 0 Å². The summed E-state index contributed by atoms with van der Waals surface area (Å²) in [6.07, 6.45) is 3.13. The molecule has 110 valence electrons. The summed E-state index contributed by atoms with van der Waals surface area (Å²) >= 11 is 0. The number of hydrogen-bond acceptors (Lipinski definition) is 5. The first kappa shape index (κ1) is 14.9. The lowest BCUT2D eigenvalue weighted by molar-refractivity contribution is -0.383. The molecule has 0 aliphatic rings. The van der Waals surface area contributed by atoms with Gasteiger partial charge in [-0.3, -0.25) is 15.1 Å². The molecule has 0 spiro atoms. The highest BCUT2D eigenvalue weighted by Crippen LogP contribution is 2.30. The minimum atomic E-state index is -0.399. The summed E-state index contributed by atoms with van der Waals surface area (Å²) in [7, 11) is 0. The van der Waals surface area contributed by atoms with Crippen molar-refractivity contribution in [2.45, 2.75) is 6.92 Å². The zero-order valence-corrected chi connectivity index (χ0v) is 11.8. The van der Waals surface area contributed by atoms with Crippen molar-refractivity contribution in [1.29, 1.82) is 0 Å². The van der Waals surface area contributed by atoms with Crippen LogP contribution in [-0.2, 0) is 4.74 Å². The number of non-ortho nitro benzene ring substituents is 1. The Bertz CT molecular complexity index is 670. The number of nitrogens with zero attached hydrogens (tertiary/aromatic N) is 2. The highest BCUT2D eigenvalue weighted by atomic mass is 16.6. The fraction of sp³-hybridized carbons (Fsp3) is 0.267. The van der Waals surface area contributed by atoms with Crippen LogP contribution >= 0.6 is 0 Å². The molecular formula is C15H17N3O3. The van der Waals surface area contributed by atoms with Crippen LogP contribution in [-0.4, -0.2) is 29.7 Å². The average Bonchev–Trinajstić information content (AvgIpc) is 2.46. The maximum Gasteiger partial charge on any atom is 0.278 e. The molecule has 6 heteroatoms. The van der Waals surface area contributed by atoms with Crippen molar-refractivity contribution in [1.82, 2.24) is 4.98 Å². The van der Waals surface area contributed by atoms with E-state index in [4.69, 9.17) is 4.74 Å². The smallest absolute Gasteiger partial charge is 0.278 e. The second kappa shape index (κ2) is 6.81. The zero-order valence-electron chi connectivity index (χ0n) is 11.8. The van der Waals surface area contributed by atoms with E-state index in [1.807, 2.05) is 6.92 Å². The SMILES string of the molecule is C=C(C)COCCNc1ccc([N+](=O)[O-])c2cnccc12. The third-order valence-corrected chi connectivity index (χ3v) is 2.90. The Morgan fingerprint density at radius 1 is 1.43 bits per heavy atom. The Morgan fingerprint density at radius 3 is 2.95 bits per heavy atom. The number of ether oxygens (including phenoxy) is 1. The van der Waals surface area contributed by atoms with Gasteiger partial charge in [-0.2, -0.15) is 0 Å². The fourth-order valence-corrected chi connectivity index (χ4v) is 1.99. The van der Waals surface area contributed by atoms with Gasteiger partial charge in [-0.05, 0) is 19.1 Å². The van der Waals surface area contributed by atoms with Crippen LogP contribution < -0.4 is 5.32 Å². The Morgan fingerprint density at radius 2 is 2.24 bits per heavy atom. The number of benzene rings is 1. The van der Waals surface area contributed by atoms with Gasteiger partial charge in [0.25, 0.3) is 5.69 Å². The van der Waals surface area contributed by atoms with Crippen molar-refractivity contribution >= 4 is 22.1 Å². The van der Waals surface area contributed by atoms with E-state index >= 15 is 0 Å². The van der Waals surface area contributed by atoms with Crippen LogP contribution in [0.15, 0.2) is 42.7 Å². The number of aromatic nitrogens is 1. The molecular weight excluding hydrogens is 270 g/mol. The lowest BCUT2D eigenvalue weighted by Crippen LogP contribution is -2.10. The summed E-state index contributed by atoms with van der Waals surface area (Å²) < 4.78 is 5.41. The standard InChI is InChI=1S/C15H17N3O3/c1-11(2)10-21-8-7-17-14-3-4-15(18(19)20)13-9-16-6-5-12(13)14/h3-6,9,17H,1,7-8,10H2,2H3. The maximum atomic E-state index is 11.0. The number of pyridine rings is 1. The molecule has 0 radical (unpaired) electrons. The van der Waals surface area contributed by atoms with Gasteiger partial charge in [0, 0.05) is 36.1 Å². The topological polar surface area (TPSA) is 77.3 Å². The van der Waals surface area contributed by atoms with Crippen molar-refractivity contribution in [3.63, 3.8) is 0 Å². The minimum Gasteiger partial charge on any atom is -0.382 e. The quantitative estimate of drug-likeness (QED) is 0.366. The molecule has 1 heterocycles. The van der Waals surface area contributed by atoms with E-state index in [0.717, 1.165) is 16.6 Å². The number of rotatable bonds is 7. The Balaban J connectivity index is 2.12. The largest absolute Gasteiger partial charge is 0.382 e. The molecule has 0 saturated carbocycles. The number of fused-ring (bicyclic) bond motifs is 1. The second-order valence-electron chi connectivity index (χ2n) is 4.75. The molecule has 1 aromatic carbocycles. The molecule has 1 N–H and O–H groups in total. The van der Waals surface area contributed by atoms with Gasteiger partial charge in [-0.1, -0.05) is 12.2 Å². The first-order valence-corrected chi connectivity index (χ1v) is 6.56. The molecule has 6 nitrogen and oxygen atoms in total. The molecule has 0 atom stereocenters. The second-order valence-corrected chi connectivity index (χ2v) is 4.75. The molecule has 2 aromatic rings. The molecule has 0 amide bonds. The lowest BCUT2D eigenvalue weighted by Gasteiger charge is -2.10. The van der Waals surface area contributed by atoms with Gasteiger partial charge in [-0.15, -0.1) is 0 Å². The number of hydrogen-bond donors (Lipinski definition) is 1. The van der Waals surface area contributed by atoms with E-state index in [2.05, 4.69) is 16.9 Å². The van der Waals surface area contributed by atoms with Gasteiger partial charge in [0.05, 0.1) is 23.5 Å². The first-order valence-electron chi connectivity index (χ1n) is 6.56. The molecule has 0 bridgehead atoms. The number of anilines is 1. The van der Waals surface area contributed by atoms with Crippen molar-refractivity contribution in [2.24, 2.45) is 0 Å². The molecule has 21 heavy (non-hydrogen) atoms. The van der Waals surface area contributed by atoms with Gasteiger partial charge < -0.3 is 10.1 Å². The van der Waals surface area contributed by atoms with E-state index in [0.29, 0.717) is 25.1 Å². The maximum absolute atomic E-state index is 11.0. The van der Waals surface area contributed by atoms with E-state index in [9.17, 15) is 10.1 Å². The molecule has 0 aliphatic carbocycles. The van der Waals surface area contributed by atoms with E-state index in [1.165, 1.54) is 12.3 Å². The van der Waals surface area contributed by atoms with E-state index in [1.54, 1.807) is 18.3 Å². The van der Waals surface area contributed by atoms with Crippen LogP contribution in [0.3, 0.4) is 0 Å². The average molecular weight is 287 g/mol. The van der Waals surface area contributed by atoms with Gasteiger partial charge >= 0.3 is 0 Å². The van der Waals surface area contributed by atoms with E-state index < -0.39 is 4.92 Å². The van der Waals surface area contributed by atoms with Crippen molar-refractivity contribution < 1.29 is 9.66 Å². The number of nitrogens with one attached hydrogen (secondary N) is 1. The monoisotopic (exact) mass is 287 g/mol. The Kier molecular flexibility index (Phi) is 4.84.